The van der Waals surface area contributed by atoms with Crippen LogP contribution in [0.3, 0.4) is 0 Å². The summed E-state index contributed by atoms with van der Waals surface area (Å²) in [7, 11) is 1.59. The highest BCUT2D eigenvalue weighted by molar-refractivity contribution is 7.98. The Morgan fingerprint density at radius 3 is 2.79 bits per heavy atom. The van der Waals surface area contributed by atoms with E-state index in [4.69, 9.17) is 10.5 Å². The molecular formula is C10H13NO2S. The number of nitrogens with two attached hydrogens (primary N) is 1. The van der Waals surface area contributed by atoms with Crippen LogP contribution >= 0.6 is 11.8 Å². The number of carbonyl (C=O) groups is 1. The minimum absolute atomic E-state index is 0.0285. The molecular weight excluding hydrogens is 198 g/mol. The number of Topliss-reactive ketones (excluding diaryl/α,β-unsaturated/α-hetero) is 1. The molecule has 0 spiro atoms. The molecule has 4 heteroatoms. The topological polar surface area (TPSA) is 52.3 Å². The molecule has 14 heavy (non-hydrogen) atoms. The van der Waals surface area contributed by atoms with Crippen molar-refractivity contribution in [3.63, 3.8) is 0 Å². The van der Waals surface area contributed by atoms with Crippen LogP contribution in [-0.2, 0) is 0 Å². The lowest BCUT2D eigenvalue weighted by atomic mass is 10.1. The van der Waals surface area contributed by atoms with Crippen molar-refractivity contribution in [1.82, 2.24) is 0 Å². The third-order valence-electron chi connectivity index (χ3n) is 1.89. The Morgan fingerprint density at radius 2 is 2.29 bits per heavy atom. The van der Waals surface area contributed by atoms with E-state index in [1.165, 1.54) is 11.8 Å². The van der Waals surface area contributed by atoms with Crippen molar-refractivity contribution in [3.8, 4) is 5.75 Å². The van der Waals surface area contributed by atoms with Gasteiger partial charge in [-0.3, -0.25) is 4.79 Å². The van der Waals surface area contributed by atoms with Gasteiger partial charge >= 0.3 is 0 Å². The summed E-state index contributed by atoms with van der Waals surface area (Å²) in [4.78, 5) is 12.3. The van der Waals surface area contributed by atoms with Gasteiger partial charge < -0.3 is 10.5 Å². The maximum absolute atomic E-state index is 11.5. The molecule has 2 N–H and O–H groups in total. The molecule has 0 fully saturated rings. The molecule has 0 unspecified atom stereocenters. The van der Waals surface area contributed by atoms with Crippen molar-refractivity contribution >= 4 is 17.5 Å². The molecule has 1 aromatic rings. The second-order valence-electron chi connectivity index (χ2n) is 2.67. The third-order valence-corrected chi connectivity index (χ3v) is 2.72. The summed E-state index contributed by atoms with van der Waals surface area (Å²) in [6.45, 7) is 0.0285. The average Bonchev–Trinajstić information content (AvgIpc) is 2.26. The minimum atomic E-state index is -0.0618. The first-order chi connectivity index (χ1) is 6.74. The maximum atomic E-state index is 11.5. The molecule has 0 saturated heterocycles. The molecule has 0 radical (unpaired) electrons. The van der Waals surface area contributed by atoms with Gasteiger partial charge in [-0.2, -0.15) is 0 Å². The fourth-order valence-corrected chi connectivity index (χ4v) is 1.97. The number of thioether (sulfide) groups is 1. The van der Waals surface area contributed by atoms with Gasteiger partial charge in [0.05, 0.1) is 18.6 Å². The molecule has 1 aromatic carbocycles. The van der Waals surface area contributed by atoms with Crippen molar-refractivity contribution in [2.75, 3.05) is 19.9 Å². The molecule has 1 rings (SSSR count). The van der Waals surface area contributed by atoms with E-state index in [1.807, 2.05) is 12.3 Å². The monoisotopic (exact) mass is 211 g/mol. The predicted molar refractivity (Wildman–Crippen MR) is 58.2 cm³/mol. The summed E-state index contributed by atoms with van der Waals surface area (Å²) in [5.74, 6) is 0.657. The Balaban J connectivity index is 3.21. The quantitative estimate of drug-likeness (QED) is 0.606. The standard InChI is InChI=1S/C10H13NO2S/c1-13-9-5-3-4-7(8(12)6-11)10(9)14-2/h3-5H,6,11H2,1-2H3. The lowest BCUT2D eigenvalue weighted by molar-refractivity contribution is 0.0998. The van der Waals surface area contributed by atoms with Gasteiger partial charge in [-0.25, -0.2) is 0 Å². The molecule has 0 saturated carbocycles. The normalized spacial score (nSPS) is 9.93. The molecule has 76 valence electrons. The minimum Gasteiger partial charge on any atom is -0.496 e. The van der Waals surface area contributed by atoms with Crippen molar-refractivity contribution in [3.05, 3.63) is 23.8 Å². The van der Waals surface area contributed by atoms with E-state index >= 15 is 0 Å². The third kappa shape index (κ3) is 2.08. The number of ketones is 1. The fraction of sp³-hybridized carbons (Fsp3) is 0.300. The van der Waals surface area contributed by atoms with E-state index in [1.54, 1.807) is 19.2 Å². The molecule has 0 heterocycles. The zero-order chi connectivity index (χ0) is 10.6. The van der Waals surface area contributed by atoms with Crippen LogP contribution in [0.5, 0.6) is 5.75 Å². The lowest BCUT2D eigenvalue weighted by Gasteiger charge is -2.09. The number of rotatable bonds is 4. The van der Waals surface area contributed by atoms with Gasteiger partial charge in [0.2, 0.25) is 0 Å². The molecule has 0 amide bonds. The van der Waals surface area contributed by atoms with Gasteiger partial charge in [-0.1, -0.05) is 6.07 Å². The second kappa shape index (κ2) is 5.02. The van der Waals surface area contributed by atoms with Gasteiger partial charge in [0.15, 0.2) is 5.78 Å². The van der Waals surface area contributed by atoms with Gasteiger partial charge in [-0.15, -0.1) is 11.8 Å². The average molecular weight is 211 g/mol. The van der Waals surface area contributed by atoms with E-state index < -0.39 is 0 Å². The second-order valence-corrected chi connectivity index (χ2v) is 3.48. The highest BCUT2D eigenvalue weighted by Crippen LogP contribution is 2.30. The molecule has 0 aliphatic heterocycles. The fourth-order valence-electron chi connectivity index (χ4n) is 1.22. The van der Waals surface area contributed by atoms with Crippen molar-refractivity contribution < 1.29 is 9.53 Å². The number of carbonyl (C=O) groups excluding carboxylic acids is 1. The Hall–Kier alpha value is -1.00. The first kappa shape index (κ1) is 11.1. The molecule has 0 atom stereocenters. The van der Waals surface area contributed by atoms with Crippen LogP contribution in [0.25, 0.3) is 0 Å². The zero-order valence-corrected chi connectivity index (χ0v) is 9.06. The van der Waals surface area contributed by atoms with Gasteiger partial charge in [0.1, 0.15) is 5.75 Å². The Morgan fingerprint density at radius 1 is 1.57 bits per heavy atom. The Kier molecular flexibility index (Phi) is 3.98. The van der Waals surface area contributed by atoms with Crippen LogP contribution in [-0.4, -0.2) is 25.7 Å². The van der Waals surface area contributed by atoms with Crippen LogP contribution in [0.4, 0.5) is 0 Å². The summed E-state index contributed by atoms with van der Waals surface area (Å²) in [6, 6.07) is 5.39. The summed E-state index contributed by atoms with van der Waals surface area (Å²) in [6.07, 6.45) is 1.91. The first-order valence-corrected chi connectivity index (χ1v) is 5.41. The van der Waals surface area contributed by atoms with Crippen LogP contribution in [0, 0.1) is 0 Å². The number of benzene rings is 1. The van der Waals surface area contributed by atoms with E-state index in [2.05, 4.69) is 0 Å². The zero-order valence-electron chi connectivity index (χ0n) is 8.24. The molecule has 3 nitrogen and oxygen atoms in total. The molecule has 0 aromatic heterocycles. The van der Waals surface area contributed by atoms with Gasteiger partial charge in [0.25, 0.3) is 0 Å². The van der Waals surface area contributed by atoms with Crippen LogP contribution in [0.2, 0.25) is 0 Å². The summed E-state index contributed by atoms with van der Waals surface area (Å²) < 4.78 is 5.16. The number of hydrogen-bond acceptors (Lipinski definition) is 4. The smallest absolute Gasteiger partial charge is 0.177 e. The molecule has 0 aliphatic carbocycles. The Labute approximate surface area is 87.6 Å². The van der Waals surface area contributed by atoms with E-state index in [0.29, 0.717) is 5.56 Å². The van der Waals surface area contributed by atoms with Crippen molar-refractivity contribution in [2.24, 2.45) is 5.73 Å². The summed E-state index contributed by atoms with van der Waals surface area (Å²) >= 11 is 1.49. The summed E-state index contributed by atoms with van der Waals surface area (Å²) in [5.41, 5.74) is 5.96. The molecule has 0 bridgehead atoms. The van der Waals surface area contributed by atoms with E-state index in [0.717, 1.165) is 10.6 Å². The first-order valence-electron chi connectivity index (χ1n) is 4.18. The summed E-state index contributed by atoms with van der Waals surface area (Å²) in [5, 5.41) is 0. The van der Waals surface area contributed by atoms with Gasteiger partial charge in [0, 0.05) is 5.56 Å². The largest absolute Gasteiger partial charge is 0.496 e. The predicted octanol–water partition coefficient (Wildman–Crippen LogP) is 1.56. The SMILES string of the molecule is COc1cccc(C(=O)CN)c1SC. The molecule has 0 aliphatic rings. The number of methoxy groups -OCH3 is 1. The highest BCUT2D eigenvalue weighted by atomic mass is 32.2. The van der Waals surface area contributed by atoms with Crippen LogP contribution in [0.15, 0.2) is 23.1 Å². The van der Waals surface area contributed by atoms with E-state index in [-0.39, 0.29) is 12.3 Å². The lowest BCUT2D eigenvalue weighted by Crippen LogP contribution is -2.14. The number of hydrogen-bond donors (Lipinski definition) is 1. The van der Waals surface area contributed by atoms with Gasteiger partial charge in [-0.05, 0) is 18.4 Å². The van der Waals surface area contributed by atoms with Crippen LogP contribution in [0.1, 0.15) is 10.4 Å². The maximum Gasteiger partial charge on any atom is 0.177 e. The van der Waals surface area contributed by atoms with E-state index in [9.17, 15) is 4.79 Å². The number of ether oxygens (including phenoxy) is 1. The van der Waals surface area contributed by atoms with Crippen molar-refractivity contribution in [2.45, 2.75) is 4.90 Å². The highest BCUT2D eigenvalue weighted by Gasteiger charge is 2.12. The van der Waals surface area contributed by atoms with Crippen molar-refractivity contribution in [1.29, 1.82) is 0 Å². The Bertz CT molecular complexity index is 339. The van der Waals surface area contributed by atoms with Crippen LogP contribution < -0.4 is 10.5 Å².